The fraction of sp³-hybridized carbons (Fsp3) is 0.160. The van der Waals surface area contributed by atoms with Gasteiger partial charge in [0.05, 0.1) is 29.2 Å². The molecule has 0 unspecified atom stereocenters. The lowest BCUT2D eigenvalue weighted by atomic mass is 9.86. The molecule has 5 aromatic rings. The first-order chi connectivity index (χ1) is 18.1. The van der Waals surface area contributed by atoms with Gasteiger partial charge in [-0.1, -0.05) is 23.7 Å². The summed E-state index contributed by atoms with van der Waals surface area (Å²) in [5, 5.41) is 21.1. The van der Waals surface area contributed by atoms with E-state index in [2.05, 4.69) is 19.9 Å². The quantitative estimate of drug-likeness (QED) is 0.290. The predicted octanol–water partition coefficient (Wildman–Crippen LogP) is 4.51. The minimum Gasteiger partial charge on any atom is -0.381 e. The van der Waals surface area contributed by atoms with E-state index < -0.39 is 33.3 Å². The van der Waals surface area contributed by atoms with Crippen LogP contribution in [0.15, 0.2) is 84.4 Å². The van der Waals surface area contributed by atoms with Crippen molar-refractivity contribution in [3.63, 3.8) is 0 Å². The first-order valence-corrected chi connectivity index (χ1v) is 13.2. The van der Waals surface area contributed by atoms with E-state index in [1.54, 1.807) is 31.2 Å². The minimum absolute atomic E-state index is 0.00825. The highest BCUT2D eigenvalue weighted by atomic mass is 35.5. The summed E-state index contributed by atoms with van der Waals surface area (Å²) in [6, 6.07) is 12.7. The van der Waals surface area contributed by atoms with E-state index >= 15 is 0 Å². The molecule has 13 heteroatoms. The topological polar surface area (TPSA) is 115 Å². The first kappa shape index (κ1) is 25.8. The zero-order chi connectivity index (χ0) is 27.1. The number of aliphatic hydroxyl groups is 1. The van der Waals surface area contributed by atoms with Crippen molar-refractivity contribution in [3.8, 4) is 0 Å². The van der Waals surface area contributed by atoms with Gasteiger partial charge >= 0.3 is 0 Å². The molecule has 0 aliphatic carbocycles. The number of anilines is 1. The lowest BCUT2D eigenvalue weighted by Crippen LogP contribution is -2.41. The molecule has 2 aromatic heterocycles. The van der Waals surface area contributed by atoms with Crippen molar-refractivity contribution < 1.29 is 22.3 Å². The number of benzene rings is 3. The molecule has 0 radical (unpaired) electrons. The van der Waals surface area contributed by atoms with Gasteiger partial charge < -0.3 is 5.11 Å². The molecule has 0 spiro atoms. The predicted molar refractivity (Wildman–Crippen MR) is 137 cm³/mol. The standard InChI is InChI=1S/C25H21ClF2N6O3S/c1-16(25(35,13-33-15-29-14-31-33)22-7-5-19(27)11-23(22)28)34-24-8-6-20(9-17(24)12-30-34)32-38(36,37)21-4-2-3-18(26)10-21/h2-12,14-16,32,35H,13H2,1H3/t16-,25-/m1/s1. The van der Waals surface area contributed by atoms with Gasteiger partial charge in [-0.2, -0.15) is 10.2 Å². The van der Waals surface area contributed by atoms with E-state index in [9.17, 15) is 22.3 Å². The highest BCUT2D eigenvalue weighted by Crippen LogP contribution is 2.38. The average molecular weight is 559 g/mol. The van der Waals surface area contributed by atoms with Crippen LogP contribution in [0, 0.1) is 11.6 Å². The molecule has 2 heterocycles. The van der Waals surface area contributed by atoms with Crippen molar-refractivity contribution in [1.82, 2.24) is 24.5 Å². The molecule has 0 amide bonds. The van der Waals surface area contributed by atoms with E-state index in [1.807, 2.05) is 0 Å². The van der Waals surface area contributed by atoms with Crippen LogP contribution in [0.25, 0.3) is 10.9 Å². The van der Waals surface area contributed by atoms with Gasteiger partial charge in [-0.15, -0.1) is 0 Å². The number of hydrogen-bond acceptors (Lipinski definition) is 6. The molecule has 2 N–H and O–H groups in total. The van der Waals surface area contributed by atoms with Crippen molar-refractivity contribution in [2.75, 3.05) is 4.72 Å². The fourth-order valence-electron chi connectivity index (χ4n) is 4.32. The molecule has 3 aromatic carbocycles. The summed E-state index contributed by atoms with van der Waals surface area (Å²) in [5.41, 5.74) is -1.23. The largest absolute Gasteiger partial charge is 0.381 e. The van der Waals surface area contributed by atoms with Gasteiger partial charge in [0.15, 0.2) is 0 Å². The molecule has 0 aliphatic heterocycles. The fourth-order valence-corrected chi connectivity index (χ4v) is 5.67. The van der Waals surface area contributed by atoms with Gasteiger partial charge in [0, 0.05) is 27.7 Å². The average Bonchev–Trinajstić information content (AvgIpc) is 3.52. The van der Waals surface area contributed by atoms with E-state index in [1.165, 1.54) is 52.5 Å². The lowest BCUT2D eigenvalue weighted by Gasteiger charge is -2.35. The molecule has 5 rings (SSSR count). The van der Waals surface area contributed by atoms with E-state index in [0.717, 1.165) is 6.07 Å². The van der Waals surface area contributed by atoms with Crippen LogP contribution in [-0.4, -0.2) is 38.1 Å². The minimum atomic E-state index is -3.90. The summed E-state index contributed by atoms with van der Waals surface area (Å²) >= 11 is 5.93. The molecule has 0 saturated heterocycles. The molecule has 0 bridgehead atoms. The summed E-state index contributed by atoms with van der Waals surface area (Å²) in [7, 11) is -3.90. The Hall–Kier alpha value is -3.87. The molecule has 0 fully saturated rings. The Bertz CT molecular complexity index is 1730. The van der Waals surface area contributed by atoms with Crippen LogP contribution in [0.1, 0.15) is 18.5 Å². The van der Waals surface area contributed by atoms with Crippen LogP contribution in [-0.2, 0) is 22.2 Å². The van der Waals surface area contributed by atoms with Gasteiger partial charge in [-0.25, -0.2) is 26.9 Å². The van der Waals surface area contributed by atoms with Crippen molar-refractivity contribution in [2.24, 2.45) is 0 Å². The number of aromatic nitrogens is 5. The number of fused-ring (bicyclic) bond motifs is 1. The van der Waals surface area contributed by atoms with E-state index in [-0.39, 0.29) is 27.7 Å². The Labute approximate surface area is 221 Å². The maximum absolute atomic E-state index is 14.9. The van der Waals surface area contributed by atoms with Crippen LogP contribution in [0.3, 0.4) is 0 Å². The molecule has 38 heavy (non-hydrogen) atoms. The van der Waals surface area contributed by atoms with Crippen molar-refractivity contribution in [3.05, 3.63) is 102 Å². The maximum atomic E-state index is 14.9. The zero-order valence-corrected chi connectivity index (χ0v) is 21.4. The van der Waals surface area contributed by atoms with Crippen molar-refractivity contribution in [1.29, 1.82) is 0 Å². The summed E-state index contributed by atoms with van der Waals surface area (Å²) < 4.78 is 59.5. The molecule has 0 saturated carbocycles. The summed E-state index contributed by atoms with van der Waals surface area (Å²) in [5.74, 6) is -1.70. The third-order valence-corrected chi connectivity index (χ3v) is 7.89. The number of nitrogens with one attached hydrogen (secondary N) is 1. The SMILES string of the molecule is C[C@@H](n1ncc2cc(NS(=O)(=O)c3cccc(Cl)c3)ccc21)[C@](O)(Cn1cncn1)c1ccc(F)cc1F. The number of hydrogen-bond donors (Lipinski definition) is 2. The highest BCUT2D eigenvalue weighted by molar-refractivity contribution is 7.92. The lowest BCUT2D eigenvalue weighted by molar-refractivity contribution is -0.0354. The zero-order valence-electron chi connectivity index (χ0n) is 19.8. The van der Waals surface area contributed by atoms with E-state index in [0.29, 0.717) is 17.0 Å². The third kappa shape index (κ3) is 4.85. The van der Waals surface area contributed by atoms with Gasteiger partial charge in [-0.3, -0.25) is 9.40 Å². The van der Waals surface area contributed by atoms with Gasteiger partial charge in [-0.05, 0) is 49.4 Å². The van der Waals surface area contributed by atoms with Crippen LogP contribution in [0.4, 0.5) is 14.5 Å². The Kier molecular flexibility index (Phi) is 6.63. The van der Waals surface area contributed by atoms with Crippen molar-refractivity contribution >= 4 is 38.2 Å². The molecular weight excluding hydrogens is 538 g/mol. The van der Waals surface area contributed by atoms with Gasteiger partial charge in [0.1, 0.15) is 29.9 Å². The van der Waals surface area contributed by atoms with Gasteiger partial charge in [0.2, 0.25) is 0 Å². The third-order valence-electron chi connectivity index (χ3n) is 6.28. The second-order valence-electron chi connectivity index (χ2n) is 8.74. The Balaban J connectivity index is 1.51. The summed E-state index contributed by atoms with van der Waals surface area (Å²) in [6.45, 7) is 1.44. The number of rotatable bonds is 8. The van der Waals surface area contributed by atoms with Crippen LogP contribution in [0.2, 0.25) is 5.02 Å². The monoisotopic (exact) mass is 558 g/mol. The van der Waals surface area contributed by atoms with Gasteiger partial charge in [0.25, 0.3) is 10.0 Å². The van der Waals surface area contributed by atoms with Crippen LogP contribution >= 0.6 is 11.6 Å². The molecule has 0 aliphatic rings. The second kappa shape index (κ2) is 9.78. The Morgan fingerprint density at radius 3 is 2.63 bits per heavy atom. The van der Waals surface area contributed by atoms with E-state index in [4.69, 9.17) is 11.6 Å². The molecular formula is C25H21ClF2N6O3S. The Morgan fingerprint density at radius 2 is 1.92 bits per heavy atom. The number of sulfonamides is 1. The summed E-state index contributed by atoms with van der Waals surface area (Å²) in [4.78, 5) is 3.88. The van der Waals surface area contributed by atoms with Crippen LogP contribution in [0.5, 0.6) is 0 Å². The highest BCUT2D eigenvalue weighted by Gasteiger charge is 2.41. The second-order valence-corrected chi connectivity index (χ2v) is 10.9. The smallest absolute Gasteiger partial charge is 0.261 e. The molecule has 9 nitrogen and oxygen atoms in total. The number of halogens is 3. The molecule has 196 valence electrons. The number of nitrogens with zero attached hydrogens (tertiary/aromatic N) is 5. The Morgan fingerprint density at radius 1 is 1.11 bits per heavy atom. The maximum Gasteiger partial charge on any atom is 0.261 e. The first-order valence-electron chi connectivity index (χ1n) is 11.3. The molecule has 2 atom stereocenters. The van der Waals surface area contributed by atoms with Crippen molar-refractivity contribution in [2.45, 2.75) is 30.0 Å². The van der Waals surface area contributed by atoms with Crippen LogP contribution < -0.4 is 4.72 Å². The summed E-state index contributed by atoms with van der Waals surface area (Å²) in [6.07, 6.45) is 4.15. The normalized spacial score (nSPS) is 14.3.